The van der Waals surface area contributed by atoms with Crippen LogP contribution in [0.5, 0.6) is 5.75 Å². The fourth-order valence-corrected chi connectivity index (χ4v) is 6.42. The van der Waals surface area contributed by atoms with Crippen molar-refractivity contribution in [2.45, 2.75) is 17.8 Å². The van der Waals surface area contributed by atoms with E-state index in [9.17, 15) is 12.8 Å². The second-order valence-electron chi connectivity index (χ2n) is 6.58. The van der Waals surface area contributed by atoms with Gasteiger partial charge in [0.15, 0.2) is 15.0 Å². The zero-order chi connectivity index (χ0) is 19.0. The molecule has 1 fully saturated rings. The number of methoxy groups -OCH3 is 1. The molecule has 2 atom stereocenters. The van der Waals surface area contributed by atoms with Crippen molar-refractivity contribution in [2.75, 3.05) is 23.5 Å². The summed E-state index contributed by atoms with van der Waals surface area (Å²) in [5.41, 5.74) is 1.66. The van der Waals surface area contributed by atoms with Crippen molar-refractivity contribution >= 4 is 32.5 Å². The Bertz CT molecular complexity index is 994. The summed E-state index contributed by atoms with van der Waals surface area (Å²) in [5, 5.41) is 0.744. The van der Waals surface area contributed by atoms with E-state index in [0.29, 0.717) is 11.5 Å². The van der Waals surface area contributed by atoms with Gasteiger partial charge in [-0.05, 0) is 29.8 Å². The number of sulfone groups is 1. The highest BCUT2D eigenvalue weighted by molar-refractivity contribution is 8.13. The minimum atomic E-state index is -3.11. The second-order valence-corrected chi connectivity index (χ2v) is 9.68. The number of aliphatic imine (C=N–C) groups is 1. The number of ether oxygens (including phenoxy) is 1. The van der Waals surface area contributed by atoms with Crippen molar-refractivity contribution in [2.24, 2.45) is 4.99 Å². The average Bonchev–Trinajstić information content (AvgIpc) is 3.11. The Morgan fingerprint density at radius 3 is 2.81 bits per heavy atom. The number of para-hydroxylation sites is 2. The van der Waals surface area contributed by atoms with Crippen LogP contribution >= 0.6 is 11.8 Å². The van der Waals surface area contributed by atoms with Crippen LogP contribution in [0.1, 0.15) is 5.56 Å². The summed E-state index contributed by atoms with van der Waals surface area (Å²) in [4.78, 5) is 6.66. The van der Waals surface area contributed by atoms with Crippen LogP contribution in [0, 0.1) is 5.82 Å². The summed E-state index contributed by atoms with van der Waals surface area (Å²) in [6, 6.07) is 13.5. The van der Waals surface area contributed by atoms with Crippen molar-refractivity contribution in [3.05, 3.63) is 59.9 Å². The van der Waals surface area contributed by atoms with Crippen LogP contribution in [-0.4, -0.2) is 44.3 Å². The molecule has 0 N–H and O–H groups in total. The Kier molecular flexibility index (Phi) is 4.86. The molecule has 2 heterocycles. The lowest BCUT2D eigenvalue weighted by Crippen LogP contribution is -2.39. The molecule has 1 saturated heterocycles. The van der Waals surface area contributed by atoms with Crippen LogP contribution in [0.3, 0.4) is 0 Å². The summed E-state index contributed by atoms with van der Waals surface area (Å²) in [6.45, 7) is 0. The van der Waals surface area contributed by atoms with E-state index in [4.69, 9.17) is 9.73 Å². The minimum absolute atomic E-state index is 0.0628. The van der Waals surface area contributed by atoms with E-state index in [0.717, 1.165) is 16.4 Å². The Morgan fingerprint density at radius 2 is 2.04 bits per heavy atom. The summed E-state index contributed by atoms with van der Waals surface area (Å²) >= 11 is 1.48. The molecular formula is C19H19FN2O3S2. The fourth-order valence-electron chi connectivity index (χ4n) is 3.52. The van der Waals surface area contributed by atoms with Gasteiger partial charge in [-0.2, -0.15) is 0 Å². The molecule has 0 spiro atoms. The number of halogens is 1. The van der Waals surface area contributed by atoms with Gasteiger partial charge in [0.2, 0.25) is 0 Å². The molecule has 2 aliphatic rings. The smallest absolute Gasteiger partial charge is 0.164 e. The molecule has 0 aliphatic carbocycles. The molecule has 0 radical (unpaired) electrons. The Morgan fingerprint density at radius 1 is 1.22 bits per heavy atom. The molecule has 0 aromatic heterocycles. The van der Waals surface area contributed by atoms with Gasteiger partial charge < -0.3 is 9.64 Å². The molecule has 0 saturated carbocycles. The highest BCUT2D eigenvalue weighted by Crippen LogP contribution is 2.39. The Balaban J connectivity index is 1.65. The number of hydrogen-bond acceptors (Lipinski definition) is 6. The van der Waals surface area contributed by atoms with Gasteiger partial charge in [-0.15, -0.1) is 0 Å². The normalized spacial score (nSPS) is 23.2. The molecule has 0 amide bonds. The third-order valence-electron chi connectivity index (χ3n) is 4.71. The average molecular weight is 407 g/mol. The molecule has 27 heavy (non-hydrogen) atoms. The van der Waals surface area contributed by atoms with E-state index in [2.05, 4.69) is 0 Å². The van der Waals surface area contributed by atoms with Crippen molar-refractivity contribution in [1.82, 2.24) is 0 Å². The molecule has 2 aromatic rings. The van der Waals surface area contributed by atoms with E-state index in [1.54, 1.807) is 13.2 Å². The molecule has 5 nitrogen and oxygen atoms in total. The Labute approximate surface area is 162 Å². The first-order valence-electron chi connectivity index (χ1n) is 8.54. The maximum atomic E-state index is 13.4. The van der Waals surface area contributed by atoms with Gasteiger partial charge in [0.05, 0.1) is 36.4 Å². The van der Waals surface area contributed by atoms with Gasteiger partial charge in [-0.1, -0.05) is 36.0 Å². The maximum Gasteiger partial charge on any atom is 0.164 e. The molecule has 0 unspecified atom stereocenters. The van der Waals surface area contributed by atoms with Gasteiger partial charge >= 0.3 is 0 Å². The molecule has 2 aromatic carbocycles. The predicted octanol–water partition coefficient (Wildman–Crippen LogP) is 3.11. The van der Waals surface area contributed by atoms with Crippen LogP contribution < -0.4 is 9.64 Å². The van der Waals surface area contributed by atoms with Crippen LogP contribution in [0.15, 0.2) is 53.5 Å². The lowest BCUT2D eigenvalue weighted by atomic mass is 10.1. The van der Waals surface area contributed by atoms with Crippen LogP contribution in [0.2, 0.25) is 0 Å². The van der Waals surface area contributed by atoms with Crippen molar-refractivity contribution in [3.8, 4) is 5.75 Å². The second kappa shape index (κ2) is 7.16. The number of nitrogens with zero attached hydrogens (tertiary/aromatic N) is 2. The predicted molar refractivity (Wildman–Crippen MR) is 107 cm³/mol. The zero-order valence-electron chi connectivity index (χ0n) is 14.7. The molecular weight excluding hydrogens is 387 g/mol. The molecule has 0 bridgehead atoms. The van der Waals surface area contributed by atoms with Gasteiger partial charge in [-0.3, -0.25) is 4.99 Å². The van der Waals surface area contributed by atoms with E-state index >= 15 is 0 Å². The van der Waals surface area contributed by atoms with Gasteiger partial charge in [0.25, 0.3) is 0 Å². The van der Waals surface area contributed by atoms with Crippen molar-refractivity contribution < 1.29 is 17.5 Å². The number of benzene rings is 2. The van der Waals surface area contributed by atoms with E-state index in [1.807, 2.05) is 35.2 Å². The highest BCUT2D eigenvalue weighted by atomic mass is 32.2. The zero-order valence-corrected chi connectivity index (χ0v) is 16.3. The van der Waals surface area contributed by atoms with E-state index in [1.165, 1.54) is 23.9 Å². The third kappa shape index (κ3) is 3.68. The van der Waals surface area contributed by atoms with Gasteiger partial charge in [0.1, 0.15) is 11.6 Å². The SMILES string of the molecule is COc1ccccc1N1C(SCc2cccc(F)c2)=N[C@@H]2CS(=O)(=O)C[C@H]21. The first kappa shape index (κ1) is 18.3. The third-order valence-corrected chi connectivity index (χ3v) is 7.45. The number of fused-ring (bicyclic) bond motifs is 1. The number of hydrogen-bond donors (Lipinski definition) is 0. The molecule has 142 valence electrons. The molecule has 2 aliphatic heterocycles. The van der Waals surface area contributed by atoms with E-state index in [-0.39, 0.29) is 29.4 Å². The minimum Gasteiger partial charge on any atom is -0.495 e. The summed E-state index contributed by atoms with van der Waals surface area (Å²) in [6.07, 6.45) is 0. The van der Waals surface area contributed by atoms with Crippen LogP contribution in [-0.2, 0) is 15.6 Å². The van der Waals surface area contributed by atoms with E-state index < -0.39 is 9.84 Å². The first-order valence-corrected chi connectivity index (χ1v) is 11.4. The van der Waals surface area contributed by atoms with Crippen molar-refractivity contribution in [3.63, 3.8) is 0 Å². The topological polar surface area (TPSA) is 59.0 Å². The molecule has 4 rings (SSSR count). The van der Waals surface area contributed by atoms with Crippen LogP contribution in [0.25, 0.3) is 0 Å². The summed E-state index contributed by atoms with van der Waals surface area (Å²) < 4.78 is 43.2. The van der Waals surface area contributed by atoms with Crippen molar-refractivity contribution in [1.29, 1.82) is 0 Å². The number of amidine groups is 1. The Hall–Kier alpha value is -2.06. The summed E-state index contributed by atoms with van der Waals surface area (Å²) in [5.74, 6) is 1.08. The van der Waals surface area contributed by atoms with Crippen LogP contribution in [0.4, 0.5) is 10.1 Å². The molecule has 8 heteroatoms. The monoisotopic (exact) mass is 406 g/mol. The van der Waals surface area contributed by atoms with Gasteiger partial charge in [-0.25, -0.2) is 12.8 Å². The largest absolute Gasteiger partial charge is 0.495 e. The lowest BCUT2D eigenvalue weighted by molar-refractivity contribution is 0.415. The number of thioether (sulfide) groups is 1. The fraction of sp³-hybridized carbons (Fsp3) is 0.316. The summed E-state index contributed by atoms with van der Waals surface area (Å²) in [7, 11) is -1.52. The number of rotatable bonds is 4. The maximum absolute atomic E-state index is 13.4. The van der Waals surface area contributed by atoms with Gasteiger partial charge in [0, 0.05) is 5.75 Å². The lowest BCUT2D eigenvalue weighted by Gasteiger charge is -2.27. The highest BCUT2D eigenvalue weighted by Gasteiger charge is 2.47. The standard InChI is InChI=1S/C19H19FN2O3S2/c1-25-18-8-3-2-7-16(18)22-17-12-27(23,24)11-15(17)21-19(22)26-10-13-5-4-6-14(20)9-13/h2-9,15,17H,10-12H2,1H3/t15-,17-/m1/s1. The number of anilines is 1. The quantitative estimate of drug-likeness (QED) is 0.781. The first-order chi connectivity index (χ1) is 13.0.